The van der Waals surface area contributed by atoms with Gasteiger partial charge in [0.1, 0.15) is 0 Å². The van der Waals surface area contributed by atoms with Crippen LogP contribution in [0, 0.1) is 20.8 Å². The second kappa shape index (κ2) is 7.03. The van der Waals surface area contributed by atoms with Crippen molar-refractivity contribution in [1.82, 2.24) is 24.7 Å². The Morgan fingerprint density at radius 1 is 1.21 bits per heavy atom. The van der Waals surface area contributed by atoms with Crippen molar-refractivity contribution in [1.29, 1.82) is 0 Å². The molecule has 8 heteroatoms. The number of aryl methyl sites for hydroxylation is 3. The molecule has 0 amide bonds. The first-order valence-corrected chi connectivity index (χ1v) is 9.17. The summed E-state index contributed by atoms with van der Waals surface area (Å²) >= 11 is 0. The first-order chi connectivity index (χ1) is 13.4. The molecule has 0 spiro atoms. The number of benzene rings is 1. The van der Waals surface area contributed by atoms with Crippen LogP contribution in [0.5, 0.6) is 0 Å². The minimum absolute atomic E-state index is 0.229. The molecular formula is C20H21N5O3. The van der Waals surface area contributed by atoms with Crippen LogP contribution in [-0.2, 0) is 16.0 Å². The largest absolute Gasteiger partial charge is 0.453 e. The van der Waals surface area contributed by atoms with Crippen molar-refractivity contribution >= 4 is 22.5 Å². The zero-order valence-corrected chi connectivity index (χ0v) is 16.3. The van der Waals surface area contributed by atoms with Crippen LogP contribution in [0.2, 0.25) is 0 Å². The molecule has 0 fully saturated rings. The standard InChI is InChI=1S/C20H21N5O3/c1-11-15(9-10-18(26)27-13(3)20-22-14(4)24-28-20)12(2)25-19(21-11)16-7-5-6-8-17(16)23-25/h5-8,13H,9-10H2,1-4H3. The van der Waals surface area contributed by atoms with E-state index >= 15 is 0 Å². The highest BCUT2D eigenvalue weighted by Gasteiger charge is 2.19. The molecule has 0 aliphatic carbocycles. The van der Waals surface area contributed by atoms with E-state index in [1.54, 1.807) is 13.8 Å². The third-order valence-electron chi connectivity index (χ3n) is 4.80. The van der Waals surface area contributed by atoms with Crippen molar-refractivity contribution in [3.63, 3.8) is 0 Å². The average Bonchev–Trinajstić information content (AvgIpc) is 3.26. The second-order valence-corrected chi connectivity index (χ2v) is 6.83. The molecule has 4 aromatic rings. The Morgan fingerprint density at radius 2 is 2.00 bits per heavy atom. The first kappa shape index (κ1) is 18.1. The van der Waals surface area contributed by atoms with Gasteiger partial charge in [0.25, 0.3) is 5.89 Å². The fourth-order valence-electron chi connectivity index (χ4n) is 3.35. The number of carbonyl (C=O) groups is 1. The third-order valence-corrected chi connectivity index (χ3v) is 4.80. The van der Waals surface area contributed by atoms with Crippen molar-refractivity contribution in [3.05, 3.63) is 52.9 Å². The maximum Gasteiger partial charge on any atom is 0.306 e. The van der Waals surface area contributed by atoms with E-state index in [-0.39, 0.29) is 12.4 Å². The molecule has 1 atom stereocenters. The number of fused-ring (bicyclic) bond motifs is 3. The van der Waals surface area contributed by atoms with Gasteiger partial charge in [-0.05, 0) is 51.8 Å². The molecule has 3 heterocycles. The Labute approximate surface area is 161 Å². The maximum absolute atomic E-state index is 12.3. The summed E-state index contributed by atoms with van der Waals surface area (Å²) in [5.41, 5.74) is 4.60. The fraction of sp³-hybridized carbons (Fsp3) is 0.350. The minimum atomic E-state index is -0.576. The van der Waals surface area contributed by atoms with Crippen LogP contribution in [0.3, 0.4) is 0 Å². The predicted molar refractivity (Wildman–Crippen MR) is 102 cm³/mol. The summed E-state index contributed by atoms with van der Waals surface area (Å²) in [5, 5.41) is 9.37. The minimum Gasteiger partial charge on any atom is -0.453 e. The summed E-state index contributed by atoms with van der Waals surface area (Å²) in [6, 6.07) is 7.92. The Bertz CT molecular complexity index is 1180. The zero-order chi connectivity index (χ0) is 19.8. The van der Waals surface area contributed by atoms with Crippen LogP contribution in [0.15, 0.2) is 28.8 Å². The van der Waals surface area contributed by atoms with Gasteiger partial charge in [-0.2, -0.15) is 10.1 Å². The molecule has 0 saturated heterocycles. The van der Waals surface area contributed by atoms with Crippen LogP contribution in [0.1, 0.15) is 48.1 Å². The Balaban J connectivity index is 1.53. The molecule has 8 nitrogen and oxygen atoms in total. The van der Waals surface area contributed by atoms with Crippen LogP contribution < -0.4 is 0 Å². The Kier molecular flexibility index (Phi) is 4.54. The van der Waals surface area contributed by atoms with E-state index in [0.29, 0.717) is 18.1 Å². The van der Waals surface area contributed by atoms with Crippen LogP contribution in [-0.4, -0.2) is 30.7 Å². The molecule has 0 bridgehead atoms. The normalized spacial score (nSPS) is 12.6. The zero-order valence-electron chi connectivity index (χ0n) is 16.3. The third kappa shape index (κ3) is 3.21. The molecular weight excluding hydrogens is 358 g/mol. The molecule has 1 unspecified atom stereocenters. The van der Waals surface area contributed by atoms with E-state index in [2.05, 4.69) is 15.2 Å². The highest BCUT2D eigenvalue weighted by molar-refractivity contribution is 5.92. The highest BCUT2D eigenvalue weighted by atomic mass is 16.6. The van der Waals surface area contributed by atoms with Gasteiger partial charge in [0.2, 0.25) is 0 Å². The number of nitrogens with zero attached hydrogens (tertiary/aromatic N) is 5. The summed E-state index contributed by atoms with van der Waals surface area (Å²) < 4.78 is 12.3. The van der Waals surface area contributed by atoms with Crippen molar-refractivity contribution in [3.8, 4) is 0 Å². The lowest BCUT2D eigenvalue weighted by molar-refractivity contribution is -0.149. The lowest BCUT2D eigenvalue weighted by Crippen LogP contribution is -2.12. The van der Waals surface area contributed by atoms with E-state index in [0.717, 1.165) is 33.5 Å². The molecule has 144 valence electrons. The van der Waals surface area contributed by atoms with E-state index in [4.69, 9.17) is 14.2 Å². The van der Waals surface area contributed by atoms with Gasteiger partial charge in [-0.1, -0.05) is 17.3 Å². The fourth-order valence-corrected chi connectivity index (χ4v) is 3.35. The van der Waals surface area contributed by atoms with Crippen LogP contribution in [0.25, 0.3) is 16.6 Å². The summed E-state index contributed by atoms with van der Waals surface area (Å²) in [5.74, 6) is 0.479. The second-order valence-electron chi connectivity index (χ2n) is 6.83. The van der Waals surface area contributed by atoms with Gasteiger partial charge in [-0.15, -0.1) is 0 Å². The van der Waals surface area contributed by atoms with Crippen molar-refractivity contribution < 1.29 is 14.1 Å². The topological polar surface area (TPSA) is 95.4 Å². The maximum atomic E-state index is 12.3. The van der Waals surface area contributed by atoms with Crippen molar-refractivity contribution in [2.75, 3.05) is 0 Å². The molecule has 1 aromatic carbocycles. The van der Waals surface area contributed by atoms with Crippen molar-refractivity contribution in [2.45, 2.75) is 46.6 Å². The van der Waals surface area contributed by atoms with Gasteiger partial charge in [-0.3, -0.25) is 4.79 Å². The number of esters is 1. The number of hydrogen-bond donors (Lipinski definition) is 0. The number of rotatable bonds is 5. The summed E-state index contributed by atoms with van der Waals surface area (Å²) in [6.07, 6.45) is 0.172. The molecule has 0 N–H and O–H groups in total. The quantitative estimate of drug-likeness (QED) is 0.490. The average molecular weight is 379 g/mol. The Hall–Kier alpha value is -3.29. The smallest absolute Gasteiger partial charge is 0.306 e. The molecule has 0 saturated carbocycles. The SMILES string of the molecule is Cc1noc(C(C)OC(=O)CCc2c(C)nc3c4ccccc4nn3c2C)n1. The number of hydrogen-bond acceptors (Lipinski definition) is 7. The van der Waals surface area contributed by atoms with Crippen molar-refractivity contribution in [2.24, 2.45) is 0 Å². The molecule has 28 heavy (non-hydrogen) atoms. The van der Waals surface area contributed by atoms with E-state index in [9.17, 15) is 4.79 Å². The monoisotopic (exact) mass is 379 g/mol. The molecule has 0 radical (unpaired) electrons. The number of ether oxygens (including phenoxy) is 1. The van der Waals surface area contributed by atoms with Gasteiger partial charge < -0.3 is 9.26 Å². The lowest BCUT2D eigenvalue weighted by atomic mass is 10.1. The Morgan fingerprint density at radius 3 is 2.75 bits per heavy atom. The van der Waals surface area contributed by atoms with E-state index in [1.807, 2.05) is 42.6 Å². The van der Waals surface area contributed by atoms with E-state index in [1.165, 1.54) is 0 Å². The first-order valence-electron chi connectivity index (χ1n) is 9.17. The van der Waals surface area contributed by atoms with Gasteiger partial charge in [0.05, 0.1) is 5.52 Å². The molecule has 3 aromatic heterocycles. The highest BCUT2D eigenvalue weighted by Crippen LogP contribution is 2.23. The van der Waals surface area contributed by atoms with Crippen LogP contribution >= 0.6 is 0 Å². The summed E-state index contributed by atoms with van der Waals surface area (Å²) in [6.45, 7) is 7.39. The van der Waals surface area contributed by atoms with Crippen LogP contribution in [0.4, 0.5) is 0 Å². The number of aromatic nitrogens is 5. The number of carbonyl (C=O) groups excluding carboxylic acids is 1. The van der Waals surface area contributed by atoms with Gasteiger partial charge in [0, 0.05) is 23.2 Å². The summed E-state index contributed by atoms with van der Waals surface area (Å²) in [4.78, 5) is 21.1. The van der Waals surface area contributed by atoms with Gasteiger partial charge in [0.15, 0.2) is 17.6 Å². The van der Waals surface area contributed by atoms with Gasteiger partial charge in [-0.25, -0.2) is 9.50 Å². The lowest BCUT2D eigenvalue weighted by Gasteiger charge is -2.12. The predicted octanol–water partition coefficient (Wildman–Crippen LogP) is 3.43. The van der Waals surface area contributed by atoms with E-state index < -0.39 is 6.10 Å². The molecule has 0 aliphatic heterocycles. The summed E-state index contributed by atoms with van der Waals surface area (Å²) in [7, 11) is 0. The molecule has 4 rings (SSSR count). The van der Waals surface area contributed by atoms with Gasteiger partial charge >= 0.3 is 5.97 Å². The molecule has 0 aliphatic rings.